The number of hydrogen-bond acceptors (Lipinski definition) is 7. The molecule has 3 atom stereocenters. The molecule has 0 radical (unpaired) electrons. The molecule has 0 saturated carbocycles. The summed E-state index contributed by atoms with van der Waals surface area (Å²) in [5, 5.41) is 8.28. The maximum Gasteiger partial charge on any atom is 0.408 e. The number of rotatable bonds is 18. The molecular weight excluding hydrogens is 600 g/mol. The third kappa shape index (κ3) is 14.0. The smallest absolute Gasteiger partial charge is 0.408 e. The van der Waals surface area contributed by atoms with Gasteiger partial charge in [0.25, 0.3) is 0 Å². The number of nitrogens with one attached hydrogen (secondary N) is 3. The highest BCUT2D eigenvalue weighted by atomic mass is 16.5. The molecule has 0 bridgehead atoms. The first-order chi connectivity index (χ1) is 22.7. The number of aryl methyl sites for hydroxylation is 1. The monoisotopic (exact) mass is 642 g/mol. The van der Waals surface area contributed by atoms with E-state index in [1.807, 2.05) is 91.0 Å². The van der Waals surface area contributed by atoms with Crippen molar-refractivity contribution in [3.05, 3.63) is 120 Å². The van der Waals surface area contributed by atoms with Crippen LogP contribution in [0.1, 0.15) is 42.9 Å². The van der Waals surface area contributed by atoms with Crippen LogP contribution >= 0.6 is 0 Å². The number of carbonyl (C=O) groups excluding carboxylic acids is 5. The molecule has 0 heterocycles. The summed E-state index contributed by atoms with van der Waals surface area (Å²) in [6.45, 7) is 1.86. The Labute approximate surface area is 274 Å². The van der Waals surface area contributed by atoms with Crippen molar-refractivity contribution in [1.29, 1.82) is 0 Å². The fraction of sp³-hybridized carbons (Fsp3) is 0.306. The van der Waals surface area contributed by atoms with Crippen molar-refractivity contribution in [1.82, 2.24) is 16.0 Å². The van der Waals surface area contributed by atoms with Crippen molar-refractivity contribution in [2.45, 2.75) is 63.8 Å². The highest BCUT2D eigenvalue weighted by Gasteiger charge is 2.28. The first-order valence-corrected chi connectivity index (χ1v) is 15.5. The first-order valence-electron chi connectivity index (χ1n) is 15.5. The Morgan fingerprint density at radius 2 is 1.28 bits per heavy atom. The van der Waals surface area contributed by atoms with Gasteiger partial charge in [0.1, 0.15) is 18.7 Å². The minimum atomic E-state index is -1.07. The fourth-order valence-electron chi connectivity index (χ4n) is 4.65. The molecule has 0 aliphatic carbocycles. The lowest BCUT2D eigenvalue weighted by molar-refractivity contribution is -0.137. The van der Waals surface area contributed by atoms with Gasteiger partial charge in [0.2, 0.25) is 17.7 Å². The normalized spacial score (nSPS) is 12.7. The number of nitrogens with two attached hydrogens (primary N) is 1. The second-order valence-electron chi connectivity index (χ2n) is 10.8. The molecule has 11 heteroatoms. The molecule has 3 aromatic rings. The second-order valence-corrected chi connectivity index (χ2v) is 10.8. The van der Waals surface area contributed by atoms with Gasteiger partial charge < -0.3 is 31.2 Å². The maximum absolute atomic E-state index is 13.8. The van der Waals surface area contributed by atoms with Crippen LogP contribution in [0.3, 0.4) is 0 Å². The lowest BCUT2D eigenvalue weighted by Crippen LogP contribution is -2.55. The van der Waals surface area contributed by atoms with Crippen molar-refractivity contribution in [2.24, 2.45) is 5.73 Å². The summed E-state index contributed by atoms with van der Waals surface area (Å²) in [5.41, 5.74) is 7.86. The molecule has 4 amide bonds. The first kappa shape index (κ1) is 36.0. The zero-order chi connectivity index (χ0) is 33.9. The van der Waals surface area contributed by atoms with E-state index in [-0.39, 0.29) is 38.9 Å². The van der Waals surface area contributed by atoms with E-state index in [0.29, 0.717) is 6.42 Å². The van der Waals surface area contributed by atoms with Crippen LogP contribution in [0, 0.1) is 0 Å². The molecule has 0 aromatic heterocycles. The summed E-state index contributed by atoms with van der Waals surface area (Å²) in [6, 6.07) is 24.9. The summed E-state index contributed by atoms with van der Waals surface area (Å²) >= 11 is 0. The highest BCUT2D eigenvalue weighted by molar-refractivity contribution is 5.92. The lowest BCUT2D eigenvalue weighted by atomic mass is 10.0. The van der Waals surface area contributed by atoms with Gasteiger partial charge in [-0.05, 0) is 42.9 Å². The third-order valence-electron chi connectivity index (χ3n) is 7.08. The molecule has 0 unspecified atom stereocenters. The largest absolute Gasteiger partial charge is 0.463 e. The third-order valence-corrected chi connectivity index (χ3v) is 7.08. The Morgan fingerprint density at radius 3 is 1.87 bits per heavy atom. The van der Waals surface area contributed by atoms with Gasteiger partial charge in [-0.1, -0.05) is 97.1 Å². The van der Waals surface area contributed by atoms with E-state index in [2.05, 4.69) is 16.0 Å². The topological polar surface area (TPSA) is 166 Å². The SMILES string of the molecule is CCOC(=O)/C=C/[C@H](CCC(N)=O)NC(=O)[C@H](Cc1ccccc1)NC(=O)[C@H](CCc1ccccc1)NC(=O)OCc1ccccc1. The Bertz CT molecular complexity index is 1470. The second kappa shape index (κ2) is 19.8. The van der Waals surface area contributed by atoms with Gasteiger partial charge in [-0.3, -0.25) is 14.4 Å². The van der Waals surface area contributed by atoms with Gasteiger partial charge in [0.05, 0.1) is 6.61 Å². The standard InChI is InChI=1S/C36H42N4O7/c1-2-46-33(42)23-20-29(19-22-32(37)41)38-35(44)31(24-27-14-8-4-9-15-27)39-34(43)30(21-18-26-12-6-3-7-13-26)40-36(45)47-25-28-16-10-5-11-17-28/h3-17,20,23,29-31H,2,18-19,21-22,24-25H2,1H3,(H2,37,41)(H,38,44)(H,39,43)(H,40,45)/b23-20+/t29-,30-,31-/m0/s1. The number of hydrogen-bond donors (Lipinski definition) is 4. The molecule has 0 aliphatic rings. The van der Waals surface area contributed by atoms with Crippen molar-refractivity contribution < 1.29 is 33.4 Å². The lowest BCUT2D eigenvalue weighted by Gasteiger charge is -2.25. The highest BCUT2D eigenvalue weighted by Crippen LogP contribution is 2.10. The number of benzene rings is 3. The van der Waals surface area contributed by atoms with Crippen molar-refractivity contribution in [3.63, 3.8) is 0 Å². The summed E-state index contributed by atoms with van der Waals surface area (Å²) in [6.07, 6.45) is 2.73. The Kier molecular flexibility index (Phi) is 15.2. The summed E-state index contributed by atoms with van der Waals surface area (Å²) in [4.78, 5) is 63.7. The van der Waals surface area contributed by atoms with Gasteiger partial charge >= 0.3 is 12.1 Å². The number of esters is 1. The van der Waals surface area contributed by atoms with E-state index in [0.717, 1.165) is 16.7 Å². The van der Waals surface area contributed by atoms with Crippen LogP contribution in [0.2, 0.25) is 0 Å². The molecule has 0 fully saturated rings. The number of primary amides is 1. The van der Waals surface area contributed by atoms with E-state index < -0.39 is 47.9 Å². The minimum absolute atomic E-state index is 0.0186. The predicted molar refractivity (Wildman–Crippen MR) is 177 cm³/mol. The quantitative estimate of drug-likeness (QED) is 0.122. The average Bonchev–Trinajstić information content (AvgIpc) is 3.08. The molecule has 0 aliphatic heterocycles. The van der Waals surface area contributed by atoms with Gasteiger partial charge in [-0.25, -0.2) is 9.59 Å². The molecule has 0 saturated heterocycles. The summed E-state index contributed by atoms with van der Waals surface area (Å²) < 4.78 is 10.3. The molecule has 3 aromatic carbocycles. The van der Waals surface area contributed by atoms with E-state index >= 15 is 0 Å². The maximum atomic E-state index is 13.8. The van der Waals surface area contributed by atoms with Gasteiger partial charge in [-0.2, -0.15) is 0 Å². The van der Waals surface area contributed by atoms with E-state index in [1.165, 1.54) is 12.2 Å². The molecule has 0 spiro atoms. The van der Waals surface area contributed by atoms with Crippen LogP contribution in [-0.2, 0) is 48.1 Å². The van der Waals surface area contributed by atoms with Gasteiger partial charge in [-0.15, -0.1) is 0 Å². The summed E-state index contributed by atoms with van der Waals surface area (Å²) in [5.74, 6) is -2.32. The van der Waals surface area contributed by atoms with Crippen molar-refractivity contribution >= 4 is 29.8 Å². The molecule has 248 valence electrons. The van der Waals surface area contributed by atoms with Crippen LogP contribution in [-0.4, -0.2) is 54.5 Å². The van der Waals surface area contributed by atoms with Crippen LogP contribution < -0.4 is 21.7 Å². The minimum Gasteiger partial charge on any atom is -0.463 e. The van der Waals surface area contributed by atoms with Crippen molar-refractivity contribution in [2.75, 3.05) is 6.61 Å². The number of carbonyl (C=O) groups is 5. The van der Waals surface area contributed by atoms with Crippen LogP contribution in [0.15, 0.2) is 103 Å². The number of alkyl carbamates (subject to hydrolysis) is 1. The predicted octanol–water partition coefficient (Wildman–Crippen LogP) is 3.51. The Balaban J connectivity index is 1.79. The molecular formula is C36H42N4O7. The van der Waals surface area contributed by atoms with E-state index in [9.17, 15) is 24.0 Å². The number of amides is 4. The average molecular weight is 643 g/mol. The Hall–Kier alpha value is -5.45. The van der Waals surface area contributed by atoms with Crippen LogP contribution in [0.5, 0.6) is 0 Å². The van der Waals surface area contributed by atoms with E-state index in [1.54, 1.807) is 6.92 Å². The fourth-order valence-corrected chi connectivity index (χ4v) is 4.65. The molecule has 47 heavy (non-hydrogen) atoms. The van der Waals surface area contributed by atoms with Gasteiger partial charge in [0, 0.05) is 25.0 Å². The van der Waals surface area contributed by atoms with Gasteiger partial charge in [0.15, 0.2) is 0 Å². The zero-order valence-corrected chi connectivity index (χ0v) is 26.4. The molecule has 3 rings (SSSR count). The molecule has 11 nitrogen and oxygen atoms in total. The zero-order valence-electron chi connectivity index (χ0n) is 26.4. The molecule has 5 N–H and O–H groups in total. The van der Waals surface area contributed by atoms with Crippen LogP contribution in [0.25, 0.3) is 0 Å². The van der Waals surface area contributed by atoms with Crippen LogP contribution in [0.4, 0.5) is 4.79 Å². The Morgan fingerprint density at radius 1 is 0.702 bits per heavy atom. The number of ether oxygens (including phenoxy) is 2. The van der Waals surface area contributed by atoms with E-state index in [4.69, 9.17) is 15.2 Å². The summed E-state index contributed by atoms with van der Waals surface area (Å²) in [7, 11) is 0. The van der Waals surface area contributed by atoms with Crippen molar-refractivity contribution in [3.8, 4) is 0 Å².